The molecule has 4 aliphatic heterocycles. The fourth-order valence-electron chi connectivity index (χ4n) is 10.8. The number of hydrogen-bond acceptors (Lipinski definition) is 11. The predicted octanol–water partition coefficient (Wildman–Crippen LogP) is 9.71. The number of anilines is 1. The molecule has 3 aromatic rings. The van der Waals surface area contributed by atoms with E-state index in [1.165, 1.54) is 11.6 Å². The summed E-state index contributed by atoms with van der Waals surface area (Å²) >= 11 is 0. The number of benzene rings is 3. The molecule has 0 radical (unpaired) electrons. The highest BCUT2D eigenvalue weighted by molar-refractivity contribution is 7.85. The molecule has 15 nitrogen and oxygen atoms in total. The molecule has 74 heavy (non-hydrogen) atoms. The first-order valence-corrected chi connectivity index (χ1v) is 27.5. The van der Waals surface area contributed by atoms with E-state index < -0.39 is 38.9 Å². The number of rotatable bonds is 22. The van der Waals surface area contributed by atoms with Gasteiger partial charge in [0, 0.05) is 98.1 Å². The Kier molecular flexibility index (Phi) is 16.9. The summed E-state index contributed by atoms with van der Waals surface area (Å²) in [6.45, 7) is 17.6. The van der Waals surface area contributed by atoms with Gasteiger partial charge in [-0.1, -0.05) is 56.7 Å². The third-order valence-electron chi connectivity index (χ3n) is 15.4. The molecule has 3 N–H and O–H groups in total. The van der Waals surface area contributed by atoms with Crippen molar-refractivity contribution in [3.63, 3.8) is 0 Å². The van der Waals surface area contributed by atoms with Gasteiger partial charge in [0.2, 0.25) is 5.69 Å². The molecule has 4 aliphatic rings. The minimum absolute atomic E-state index is 0.0552. The van der Waals surface area contributed by atoms with Crippen LogP contribution < -0.4 is 15.0 Å². The van der Waals surface area contributed by atoms with E-state index in [0.29, 0.717) is 75.4 Å². The van der Waals surface area contributed by atoms with E-state index in [4.69, 9.17) is 9.57 Å². The number of Topliss-reactive ketones (excluding diaryl/α,β-unsaturated/α-hetero) is 1. The van der Waals surface area contributed by atoms with Gasteiger partial charge in [-0.2, -0.15) is 13.0 Å². The molecule has 16 heteroatoms. The molecule has 7 rings (SSSR count). The van der Waals surface area contributed by atoms with Gasteiger partial charge in [0.15, 0.2) is 11.3 Å². The number of ether oxygens (including phenoxy) is 1. The maximum Gasteiger partial charge on any atom is 0.333 e. The molecular formula is C58H73N4O11S+. The second-order valence-electron chi connectivity index (χ2n) is 21.3. The van der Waals surface area contributed by atoms with Gasteiger partial charge in [0.1, 0.15) is 23.8 Å². The molecular weight excluding hydrogens is 961 g/mol. The third-order valence-corrected chi connectivity index (χ3v) is 16.3. The lowest BCUT2D eigenvalue weighted by atomic mass is 9.81. The van der Waals surface area contributed by atoms with Crippen LogP contribution in [0.15, 0.2) is 83.4 Å². The Morgan fingerprint density at radius 3 is 2.22 bits per heavy atom. The Morgan fingerprint density at radius 2 is 1.49 bits per heavy atom. The Bertz CT molecular complexity index is 2950. The summed E-state index contributed by atoms with van der Waals surface area (Å²) in [5.74, 6) is -0.722. The quantitative estimate of drug-likeness (QED) is 0.0283. The van der Waals surface area contributed by atoms with Gasteiger partial charge in [-0.25, -0.2) is 4.79 Å². The summed E-state index contributed by atoms with van der Waals surface area (Å²) in [6, 6.07) is 13.1. The van der Waals surface area contributed by atoms with Gasteiger partial charge >= 0.3 is 5.97 Å². The van der Waals surface area contributed by atoms with Crippen molar-refractivity contribution in [1.29, 1.82) is 0 Å². The summed E-state index contributed by atoms with van der Waals surface area (Å²) in [4.78, 5) is 69.5. The standard InChI is InChI=1S/C58H72N4O11S/c1-38-39(2)54-43(40(3)53(38)67)32-33-58(8,72-54)55(68)59-34-20-22-41(63)21-12-10-18-36-61-47-29-28-42(74(69,70)71)37-45(47)57(6,7)49(61)26-14-9-13-25-48-56(4,5)44-23-16-17-24-46(44)60(48)35-19-11-15-27-52(66)73-62-50(64)30-31-51(62)65/h9,13-14,16-17,23-26,28-29,37H,10-12,15,18-22,27,30-36H2,1-8H3,(H2-,59,67,68,69,70,71)/p+1. The maximum atomic E-state index is 13.3. The number of para-hydroxylation sites is 1. The molecule has 3 amide bonds. The van der Waals surface area contributed by atoms with E-state index in [1.807, 2.05) is 71.1 Å². The van der Waals surface area contributed by atoms with Crippen LogP contribution in [0.1, 0.15) is 151 Å². The number of carbonyl (C=O) groups excluding carboxylic acids is 5. The number of amides is 3. The minimum atomic E-state index is -4.44. The van der Waals surface area contributed by atoms with Crippen molar-refractivity contribution in [2.45, 2.75) is 167 Å². The average molecular weight is 1030 g/mol. The topological polar surface area (TPSA) is 200 Å². The molecule has 3 aromatic carbocycles. The Hall–Kier alpha value is -6.39. The number of allylic oxidation sites excluding steroid dienone is 6. The number of nitrogens with one attached hydrogen (secondary N) is 1. The Labute approximate surface area is 436 Å². The molecule has 0 aliphatic carbocycles. The maximum absolute atomic E-state index is 13.3. The third kappa shape index (κ3) is 11.8. The summed E-state index contributed by atoms with van der Waals surface area (Å²) in [7, 11) is -4.44. The molecule has 396 valence electrons. The second kappa shape index (κ2) is 22.6. The molecule has 0 bridgehead atoms. The predicted molar refractivity (Wildman–Crippen MR) is 283 cm³/mol. The minimum Gasteiger partial charge on any atom is -0.507 e. The fraction of sp³-hybridized carbons (Fsp3) is 0.483. The van der Waals surface area contributed by atoms with Gasteiger partial charge in [-0.3, -0.25) is 23.7 Å². The smallest absolute Gasteiger partial charge is 0.333 e. The number of unbranched alkanes of at least 4 members (excludes halogenated alkanes) is 4. The lowest BCUT2D eigenvalue weighted by molar-refractivity contribution is -0.438. The number of ketones is 1. The molecule has 4 heterocycles. The summed E-state index contributed by atoms with van der Waals surface area (Å²) in [5.41, 5.74) is 7.40. The first kappa shape index (κ1) is 55.4. The van der Waals surface area contributed by atoms with E-state index in [-0.39, 0.29) is 47.0 Å². The molecule has 1 unspecified atom stereocenters. The number of hydrogen-bond donors (Lipinski definition) is 3. The number of carbonyl (C=O) groups is 5. The number of aromatic hydroxyl groups is 1. The fourth-order valence-corrected chi connectivity index (χ4v) is 11.3. The number of fused-ring (bicyclic) bond motifs is 3. The van der Waals surface area contributed by atoms with Crippen molar-refractivity contribution in [1.82, 2.24) is 10.4 Å². The molecule has 1 fully saturated rings. The van der Waals surface area contributed by atoms with Gasteiger partial charge < -0.3 is 24.9 Å². The van der Waals surface area contributed by atoms with Crippen LogP contribution in [0.3, 0.4) is 0 Å². The van der Waals surface area contributed by atoms with Crippen molar-refractivity contribution >= 4 is 56.7 Å². The molecule has 0 aromatic heterocycles. The van der Waals surface area contributed by atoms with E-state index in [9.17, 15) is 42.0 Å². The number of phenolic OH excluding ortho intramolecular Hbond substituents is 1. The van der Waals surface area contributed by atoms with E-state index in [1.54, 1.807) is 19.1 Å². The van der Waals surface area contributed by atoms with Crippen molar-refractivity contribution in [2.75, 3.05) is 24.5 Å². The van der Waals surface area contributed by atoms with Crippen molar-refractivity contribution in [2.24, 2.45) is 0 Å². The van der Waals surface area contributed by atoms with E-state index in [0.717, 1.165) is 76.3 Å². The van der Waals surface area contributed by atoms with Crippen molar-refractivity contribution in [3.8, 4) is 11.5 Å². The molecule has 0 saturated carbocycles. The monoisotopic (exact) mass is 1030 g/mol. The van der Waals surface area contributed by atoms with E-state index in [2.05, 4.69) is 46.8 Å². The Morgan fingerprint density at radius 1 is 0.797 bits per heavy atom. The SMILES string of the molecule is Cc1c(C)c2c(c(C)c1O)CCC(C)(C(=O)NCCCC(=O)CCCCCN1C(=CC=CC=CC3=[N+](CCCCCC(=O)ON4C(=O)CCC4=O)c4ccccc4C3(C)C)C(C)(C)c3cc(S(=O)(=O)O)ccc31)O2. The van der Waals surface area contributed by atoms with Gasteiger partial charge in [-0.15, -0.1) is 5.06 Å². The highest BCUT2D eigenvalue weighted by Gasteiger charge is 2.45. The number of phenols is 1. The number of nitrogens with zero attached hydrogens (tertiary/aromatic N) is 3. The van der Waals surface area contributed by atoms with Gasteiger partial charge in [-0.05, 0) is 127 Å². The van der Waals surface area contributed by atoms with Crippen LogP contribution >= 0.6 is 0 Å². The number of imide groups is 1. The molecule has 1 atom stereocenters. The van der Waals surface area contributed by atoms with Crippen LogP contribution in [0.5, 0.6) is 11.5 Å². The highest BCUT2D eigenvalue weighted by Crippen LogP contribution is 2.49. The molecule has 1 saturated heterocycles. The van der Waals surface area contributed by atoms with Gasteiger partial charge in [0.05, 0.1) is 10.3 Å². The highest BCUT2D eigenvalue weighted by atomic mass is 32.2. The van der Waals surface area contributed by atoms with Crippen LogP contribution in [0.25, 0.3) is 0 Å². The second-order valence-corrected chi connectivity index (χ2v) is 22.8. The summed E-state index contributed by atoms with van der Waals surface area (Å²) in [5, 5.41) is 14.1. The average Bonchev–Trinajstić information content (AvgIpc) is 3.87. The normalized spacial score (nSPS) is 19.4. The Balaban J connectivity index is 0.937. The lowest BCUT2D eigenvalue weighted by Gasteiger charge is -2.36. The number of hydroxylamine groups is 2. The van der Waals surface area contributed by atoms with Crippen LogP contribution in [0.4, 0.5) is 11.4 Å². The largest absolute Gasteiger partial charge is 0.507 e. The zero-order valence-electron chi connectivity index (χ0n) is 44.3. The lowest BCUT2D eigenvalue weighted by Crippen LogP contribution is -2.51. The summed E-state index contributed by atoms with van der Waals surface area (Å²) < 4.78 is 43.1. The van der Waals surface area contributed by atoms with Crippen LogP contribution in [0, 0.1) is 20.8 Å². The van der Waals surface area contributed by atoms with Crippen LogP contribution in [-0.2, 0) is 56.2 Å². The van der Waals surface area contributed by atoms with Crippen molar-refractivity contribution in [3.05, 3.63) is 112 Å². The van der Waals surface area contributed by atoms with Gasteiger partial charge in [0.25, 0.3) is 27.8 Å². The first-order chi connectivity index (χ1) is 35.0. The summed E-state index contributed by atoms with van der Waals surface area (Å²) in [6.07, 6.45) is 17.1. The zero-order chi connectivity index (χ0) is 53.8. The molecule has 0 spiro atoms. The van der Waals surface area contributed by atoms with Crippen molar-refractivity contribution < 1.29 is 56.2 Å². The zero-order valence-corrected chi connectivity index (χ0v) is 45.1. The first-order valence-electron chi connectivity index (χ1n) is 26.0. The van der Waals surface area contributed by atoms with E-state index >= 15 is 0 Å². The van der Waals surface area contributed by atoms with Crippen LogP contribution in [-0.4, -0.2) is 88.1 Å². The van der Waals surface area contributed by atoms with Crippen LogP contribution in [0.2, 0.25) is 0 Å².